The van der Waals surface area contributed by atoms with E-state index in [1.54, 1.807) is 12.1 Å². The first-order valence-corrected chi connectivity index (χ1v) is 8.68. The Morgan fingerprint density at radius 1 is 1.35 bits per heavy atom. The molecule has 0 amide bonds. The molecule has 0 radical (unpaired) electrons. The fraction of sp³-hybridized carbons (Fsp3) is 0.571. The van der Waals surface area contributed by atoms with Gasteiger partial charge in [-0.2, -0.15) is 0 Å². The van der Waals surface area contributed by atoms with Crippen LogP contribution in [0.1, 0.15) is 19.3 Å². The van der Waals surface area contributed by atoms with Crippen LogP contribution in [0.25, 0.3) is 0 Å². The van der Waals surface area contributed by atoms with Gasteiger partial charge in [0, 0.05) is 6.61 Å². The minimum atomic E-state index is -3.07. The van der Waals surface area contributed by atoms with Crippen molar-refractivity contribution in [1.29, 1.82) is 0 Å². The summed E-state index contributed by atoms with van der Waals surface area (Å²) in [6, 6.07) is 7.19. The van der Waals surface area contributed by atoms with Crippen molar-refractivity contribution in [2.24, 2.45) is 0 Å². The van der Waals surface area contributed by atoms with Crippen molar-refractivity contribution in [1.82, 2.24) is 0 Å². The standard InChI is InChI=1S/C14H21NO4S/c15-13-6-1-2-7-14(13)19-9-4-10-20(16,17)11-12-5-3-8-18-12/h1-2,6-7,12H,3-5,8-11,15H2. The number of sulfone groups is 1. The summed E-state index contributed by atoms with van der Waals surface area (Å²) >= 11 is 0. The van der Waals surface area contributed by atoms with Gasteiger partial charge in [0.1, 0.15) is 5.75 Å². The number of rotatable bonds is 7. The van der Waals surface area contributed by atoms with Crippen molar-refractivity contribution in [2.75, 3.05) is 30.5 Å². The number of para-hydroxylation sites is 2. The molecule has 1 aromatic rings. The second kappa shape index (κ2) is 6.95. The molecule has 1 aliphatic heterocycles. The third kappa shape index (κ3) is 4.68. The van der Waals surface area contributed by atoms with Crippen LogP contribution in [-0.2, 0) is 14.6 Å². The summed E-state index contributed by atoms with van der Waals surface area (Å²) in [7, 11) is -3.07. The van der Waals surface area contributed by atoms with Crippen LogP contribution >= 0.6 is 0 Å². The molecule has 1 heterocycles. The zero-order valence-corrected chi connectivity index (χ0v) is 12.3. The number of hydrogen-bond donors (Lipinski definition) is 1. The molecular formula is C14H21NO4S. The Morgan fingerprint density at radius 3 is 2.85 bits per heavy atom. The molecule has 1 fully saturated rings. The SMILES string of the molecule is Nc1ccccc1OCCCS(=O)(=O)CC1CCCO1. The van der Waals surface area contributed by atoms with E-state index in [0.717, 1.165) is 12.8 Å². The van der Waals surface area contributed by atoms with Crippen LogP contribution < -0.4 is 10.5 Å². The fourth-order valence-electron chi connectivity index (χ4n) is 2.22. The molecule has 0 aliphatic carbocycles. The number of ether oxygens (including phenoxy) is 2. The number of benzene rings is 1. The maximum Gasteiger partial charge on any atom is 0.152 e. The Kier molecular flexibility index (Phi) is 5.25. The Balaban J connectivity index is 1.71. The lowest BCUT2D eigenvalue weighted by atomic mass is 10.3. The third-order valence-corrected chi connectivity index (χ3v) is 5.03. The van der Waals surface area contributed by atoms with Crippen LogP contribution in [0, 0.1) is 0 Å². The molecule has 1 saturated heterocycles. The predicted molar refractivity (Wildman–Crippen MR) is 78.6 cm³/mol. The average Bonchev–Trinajstić information content (AvgIpc) is 2.88. The highest BCUT2D eigenvalue weighted by Crippen LogP contribution is 2.20. The molecule has 0 spiro atoms. The molecule has 112 valence electrons. The lowest BCUT2D eigenvalue weighted by molar-refractivity contribution is 0.127. The van der Waals surface area contributed by atoms with E-state index in [-0.39, 0.29) is 17.6 Å². The van der Waals surface area contributed by atoms with Gasteiger partial charge in [0.25, 0.3) is 0 Å². The van der Waals surface area contributed by atoms with Crippen molar-refractivity contribution >= 4 is 15.5 Å². The molecule has 2 N–H and O–H groups in total. The van der Waals surface area contributed by atoms with Crippen LogP contribution in [0.3, 0.4) is 0 Å². The van der Waals surface area contributed by atoms with Crippen LogP contribution in [-0.4, -0.2) is 39.2 Å². The van der Waals surface area contributed by atoms with Gasteiger partial charge in [-0.1, -0.05) is 12.1 Å². The van der Waals surface area contributed by atoms with Gasteiger partial charge in [-0.3, -0.25) is 0 Å². The second-order valence-electron chi connectivity index (χ2n) is 4.99. The second-order valence-corrected chi connectivity index (χ2v) is 7.22. The normalized spacial score (nSPS) is 19.1. The number of nitrogen functional groups attached to an aromatic ring is 1. The summed E-state index contributed by atoms with van der Waals surface area (Å²) in [5.41, 5.74) is 6.30. The first-order chi connectivity index (χ1) is 9.57. The molecule has 20 heavy (non-hydrogen) atoms. The maximum absolute atomic E-state index is 11.9. The first kappa shape index (κ1) is 15.1. The Morgan fingerprint density at radius 2 is 2.15 bits per heavy atom. The summed E-state index contributed by atoms with van der Waals surface area (Å²) in [4.78, 5) is 0. The minimum absolute atomic E-state index is 0.120. The Bertz CT molecular complexity index is 524. The maximum atomic E-state index is 11.9. The van der Waals surface area contributed by atoms with Crippen LogP contribution in [0.5, 0.6) is 5.75 Å². The van der Waals surface area contributed by atoms with E-state index in [1.807, 2.05) is 12.1 Å². The van der Waals surface area contributed by atoms with E-state index in [0.29, 0.717) is 31.1 Å². The monoisotopic (exact) mass is 299 g/mol. The van der Waals surface area contributed by atoms with E-state index in [4.69, 9.17) is 15.2 Å². The minimum Gasteiger partial charge on any atom is -0.491 e. The number of nitrogens with two attached hydrogens (primary N) is 1. The van der Waals surface area contributed by atoms with E-state index >= 15 is 0 Å². The largest absolute Gasteiger partial charge is 0.491 e. The first-order valence-electron chi connectivity index (χ1n) is 6.86. The third-order valence-electron chi connectivity index (χ3n) is 3.24. The fourth-order valence-corrected chi connectivity index (χ4v) is 3.77. The number of hydrogen-bond acceptors (Lipinski definition) is 5. The highest BCUT2D eigenvalue weighted by atomic mass is 32.2. The molecule has 6 heteroatoms. The van der Waals surface area contributed by atoms with E-state index in [9.17, 15) is 8.42 Å². The lowest BCUT2D eigenvalue weighted by Gasteiger charge is -2.11. The topological polar surface area (TPSA) is 78.6 Å². The summed E-state index contributed by atoms with van der Waals surface area (Å²) < 4.78 is 34.6. The summed E-state index contributed by atoms with van der Waals surface area (Å²) in [6.45, 7) is 1.02. The van der Waals surface area contributed by atoms with Crippen molar-refractivity contribution in [3.8, 4) is 5.75 Å². The zero-order valence-electron chi connectivity index (χ0n) is 11.5. The summed E-state index contributed by atoms with van der Waals surface area (Å²) in [6.07, 6.45) is 2.14. The molecule has 0 saturated carbocycles. The van der Waals surface area contributed by atoms with Crippen LogP contribution in [0.15, 0.2) is 24.3 Å². The van der Waals surface area contributed by atoms with Gasteiger partial charge < -0.3 is 15.2 Å². The highest BCUT2D eigenvalue weighted by Gasteiger charge is 2.22. The summed E-state index contributed by atoms with van der Waals surface area (Å²) in [5, 5.41) is 0. The smallest absolute Gasteiger partial charge is 0.152 e. The van der Waals surface area contributed by atoms with E-state index < -0.39 is 9.84 Å². The highest BCUT2D eigenvalue weighted by molar-refractivity contribution is 7.91. The Labute approximate surface area is 120 Å². The zero-order chi connectivity index (χ0) is 14.4. The quantitative estimate of drug-likeness (QED) is 0.611. The van der Waals surface area contributed by atoms with Gasteiger partial charge in [0.2, 0.25) is 0 Å². The van der Waals surface area contributed by atoms with Gasteiger partial charge in [-0.15, -0.1) is 0 Å². The van der Waals surface area contributed by atoms with Gasteiger partial charge in [-0.25, -0.2) is 8.42 Å². The van der Waals surface area contributed by atoms with Gasteiger partial charge in [0.15, 0.2) is 9.84 Å². The molecule has 2 rings (SSSR count). The summed E-state index contributed by atoms with van der Waals surface area (Å²) in [5.74, 6) is 0.851. The molecule has 1 unspecified atom stereocenters. The van der Waals surface area contributed by atoms with Gasteiger partial charge >= 0.3 is 0 Å². The average molecular weight is 299 g/mol. The Hall–Kier alpha value is -1.27. The molecule has 0 bridgehead atoms. The van der Waals surface area contributed by atoms with Crippen LogP contribution in [0.2, 0.25) is 0 Å². The van der Waals surface area contributed by atoms with Crippen molar-refractivity contribution < 1.29 is 17.9 Å². The van der Waals surface area contributed by atoms with Gasteiger partial charge in [0.05, 0.1) is 29.9 Å². The van der Waals surface area contributed by atoms with Crippen molar-refractivity contribution in [2.45, 2.75) is 25.4 Å². The predicted octanol–water partition coefficient (Wildman–Crippen LogP) is 1.63. The molecule has 0 aromatic heterocycles. The van der Waals surface area contributed by atoms with Crippen LogP contribution in [0.4, 0.5) is 5.69 Å². The number of anilines is 1. The molecule has 5 nitrogen and oxygen atoms in total. The van der Waals surface area contributed by atoms with Crippen molar-refractivity contribution in [3.05, 3.63) is 24.3 Å². The molecule has 1 aliphatic rings. The molecular weight excluding hydrogens is 278 g/mol. The molecule has 1 aromatic carbocycles. The van der Waals surface area contributed by atoms with E-state index in [1.165, 1.54) is 0 Å². The van der Waals surface area contributed by atoms with E-state index in [2.05, 4.69) is 0 Å². The van der Waals surface area contributed by atoms with Crippen molar-refractivity contribution in [3.63, 3.8) is 0 Å². The lowest BCUT2D eigenvalue weighted by Crippen LogP contribution is -2.23. The molecule has 1 atom stereocenters. The van der Waals surface area contributed by atoms with Gasteiger partial charge in [-0.05, 0) is 31.4 Å².